The van der Waals surface area contributed by atoms with Gasteiger partial charge in [0.1, 0.15) is 12.1 Å². The van der Waals surface area contributed by atoms with Crippen LogP contribution in [0.5, 0.6) is 5.88 Å². The molecule has 1 aliphatic heterocycles. The van der Waals surface area contributed by atoms with Gasteiger partial charge in [-0.25, -0.2) is 9.97 Å². The topological polar surface area (TPSA) is 59.5 Å². The Morgan fingerprint density at radius 3 is 2.95 bits per heavy atom. The second-order valence-electron chi connectivity index (χ2n) is 5.37. The van der Waals surface area contributed by atoms with Crippen molar-refractivity contribution in [1.29, 1.82) is 0 Å². The third-order valence-electron chi connectivity index (χ3n) is 3.97. The summed E-state index contributed by atoms with van der Waals surface area (Å²) in [4.78, 5) is 11.1. The predicted octanol–water partition coefficient (Wildman–Crippen LogP) is 1.39. The van der Waals surface area contributed by atoms with Gasteiger partial charge in [-0.15, -0.1) is 0 Å². The van der Waals surface area contributed by atoms with E-state index in [-0.39, 0.29) is 0 Å². The summed E-state index contributed by atoms with van der Waals surface area (Å²) in [6.07, 6.45) is 5.26. The van der Waals surface area contributed by atoms with E-state index in [2.05, 4.69) is 20.2 Å². The number of methoxy groups -OCH3 is 2. The van der Waals surface area contributed by atoms with Crippen molar-refractivity contribution in [3.05, 3.63) is 11.9 Å². The number of rotatable bonds is 7. The zero-order valence-electron chi connectivity index (χ0n) is 13.3. The minimum absolute atomic E-state index is 0.467. The molecular weight excluding hydrogens is 268 g/mol. The van der Waals surface area contributed by atoms with Crippen molar-refractivity contribution in [2.75, 3.05) is 45.4 Å². The molecular formula is C15H26N4O2. The number of nitrogens with one attached hydrogen (secondary N) is 1. The van der Waals surface area contributed by atoms with Crippen LogP contribution in [0.15, 0.2) is 6.33 Å². The van der Waals surface area contributed by atoms with Crippen molar-refractivity contribution in [2.24, 2.45) is 0 Å². The monoisotopic (exact) mass is 294 g/mol. The largest absolute Gasteiger partial charge is 0.481 e. The van der Waals surface area contributed by atoms with Gasteiger partial charge in [0, 0.05) is 32.8 Å². The van der Waals surface area contributed by atoms with Crippen LogP contribution in [0.2, 0.25) is 0 Å². The summed E-state index contributed by atoms with van der Waals surface area (Å²) < 4.78 is 10.4. The van der Waals surface area contributed by atoms with Crippen LogP contribution in [-0.2, 0) is 4.74 Å². The Labute approximate surface area is 126 Å². The second-order valence-corrected chi connectivity index (χ2v) is 5.37. The van der Waals surface area contributed by atoms with Crippen molar-refractivity contribution < 1.29 is 9.47 Å². The SMILES string of the molecule is COCCNCC1CCCCN1c1ncnc(OC)c1C. The van der Waals surface area contributed by atoms with Crippen molar-refractivity contribution in [3.8, 4) is 5.88 Å². The van der Waals surface area contributed by atoms with Gasteiger partial charge in [0.25, 0.3) is 0 Å². The molecule has 0 saturated carbocycles. The highest BCUT2D eigenvalue weighted by Gasteiger charge is 2.25. The summed E-state index contributed by atoms with van der Waals surface area (Å²) in [7, 11) is 3.38. The molecule has 6 nitrogen and oxygen atoms in total. The summed E-state index contributed by atoms with van der Waals surface area (Å²) in [5.41, 5.74) is 1.02. The van der Waals surface area contributed by atoms with Crippen LogP contribution >= 0.6 is 0 Å². The Balaban J connectivity index is 2.07. The van der Waals surface area contributed by atoms with E-state index in [1.165, 1.54) is 19.3 Å². The molecule has 1 aromatic heterocycles. The summed E-state index contributed by atoms with van der Waals surface area (Å²) in [6.45, 7) is 5.64. The summed E-state index contributed by atoms with van der Waals surface area (Å²) in [6, 6.07) is 0.467. The maximum atomic E-state index is 5.31. The number of hydrogen-bond donors (Lipinski definition) is 1. The molecule has 2 rings (SSSR count). The molecule has 0 bridgehead atoms. The maximum Gasteiger partial charge on any atom is 0.221 e. The van der Waals surface area contributed by atoms with E-state index in [1.54, 1.807) is 20.5 Å². The van der Waals surface area contributed by atoms with E-state index in [0.717, 1.165) is 37.6 Å². The fraction of sp³-hybridized carbons (Fsp3) is 0.733. The van der Waals surface area contributed by atoms with Crippen molar-refractivity contribution in [3.63, 3.8) is 0 Å². The van der Waals surface area contributed by atoms with E-state index in [1.807, 2.05) is 6.92 Å². The molecule has 1 fully saturated rings. The highest BCUT2D eigenvalue weighted by atomic mass is 16.5. The first-order valence-corrected chi connectivity index (χ1v) is 7.59. The van der Waals surface area contributed by atoms with Crippen LogP contribution in [0.25, 0.3) is 0 Å². The van der Waals surface area contributed by atoms with Gasteiger partial charge < -0.3 is 19.7 Å². The van der Waals surface area contributed by atoms with Gasteiger partial charge in [0.15, 0.2) is 0 Å². The molecule has 0 radical (unpaired) electrons. The van der Waals surface area contributed by atoms with Crippen LogP contribution < -0.4 is 15.0 Å². The standard InChI is InChI=1S/C15H26N4O2/c1-12-14(17-11-18-15(12)21-3)19-8-5-4-6-13(19)10-16-7-9-20-2/h11,13,16H,4-10H2,1-3H3. The van der Waals surface area contributed by atoms with Gasteiger partial charge in [-0.05, 0) is 26.2 Å². The number of ether oxygens (including phenoxy) is 2. The second kappa shape index (κ2) is 8.14. The molecule has 21 heavy (non-hydrogen) atoms. The molecule has 118 valence electrons. The fourth-order valence-electron chi connectivity index (χ4n) is 2.86. The van der Waals surface area contributed by atoms with E-state index >= 15 is 0 Å². The molecule has 1 aliphatic rings. The molecule has 1 unspecified atom stereocenters. The quantitative estimate of drug-likeness (QED) is 0.767. The fourth-order valence-corrected chi connectivity index (χ4v) is 2.86. The van der Waals surface area contributed by atoms with Gasteiger partial charge >= 0.3 is 0 Å². The Morgan fingerprint density at radius 2 is 2.19 bits per heavy atom. The molecule has 1 N–H and O–H groups in total. The van der Waals surface area contributed by atoms with Crippen LogP contribution in [0.3, 0.4) is 0 Å². The van der Waals surface area contributed by atoms with Crippen molar-refractivity contribution in [1.82, 2.24) is 15.3 Å². The number of piperidine rings is 1. The molecule has 1 aromatic rings. The average molecular weight is 294 g/mol. The average Bonchev–Trinajstić information content (AvgIpc) is 2.52. The maximum absolute atomic E-state index is 5.31. The highest BCUT2D eigenvalue weighted by molar-refractivity contribution is 5.51. The smallest absolute Gasteiger partial charge is 0.221 e. The summed E-state index contributed by atoms with van der Waals surface area (Å²) in [5.74, 6) is 1.66. The van der Waals surface area contributed by atoms with Crippen LogP contribution in [0, 0.1) is 6.92 Å². The van der Waals surface area contributed by atoms with Crippen molar-refractivity contribution >= 4 is 5.82 Å². The molecule has 0 aliphatic carbocycles. The first-order valence-electron chi connectivity index (χ1n) is 7.59. The molecule has 1 atom stereocenters. The molecule has 6 heteroatoms. The number of aromatic nitrogens is 2. The predicted molar refractivity (Wildman–Crippen MR) is 83.1 cm³/mol. The summed E-state index contributed by atoms with van der Waals surface area (Å²) in [5, 5.41) is 3.46. The normalized spacial score (nSPS) is 18.8. The highest BCUT2D eigenvalue weighted by Crippen LogP contribution is 2.28. The third-order valence-corrected chi connectivity index (χ3v) is 3.97. The molecule has 0 aromatic carbocycles. The lowest BCUT2D eigenvalue weighted by molar-refractivity contribution is 0.198. The lowest BCUT2D eigenvalue weighted by Crippen LogP contribution is -2.46. The zero-order chi connectivity index (χ0) is 15.1. The van der Waals surface area contributed by atoms with Crippen LogP contribution in [0.1, 0.15) is 24.8 Å². The van der Waals surface area contributed by atoms with E-state index in [0.29, 0.717) is 11.9 Å². The van der Waals surface area contributed by atoms with E-state index < -0.39 is 0 Å². The first kappa shape index (κ1) is 16.0. The third kappa shape index (κ3) is 4.04. The van der Waals surface area contributed by atoms with Gasteiger partial charge in [-0.3, -0.25) is 0 Å². The first-order chi connectivity index (χ1) is 10.3. The minimum atomic E-state index is 0.467. The van der Waals surface area contributed by atoms with Crippen molar-refractivity contribution in [2.45, 2.75) is 32.2 Å². The summed E-state index contributed by atoms with van der Waals surface area (Å²) >= 11 is 0. The number of anilines is 1. The lowest BCUT2D eigenvalue weighted by atomic mass is 10.0. The van der Waals surface area contributed by atoms with Gasteiger partial charge in [-0.2, -0.15) is 0 Å². The minimum Gasteiger partial charge on any atom is -0.481 e. The van der Waals surface area contributed by atoms with Crippen LogP contribution in [0.4, 0.5) is 5.82 Å². The molecule has 2 heterocycles. The van der Waals surface area contributed by atoms with Gasteiger partial charge in [0.2, 0.25) is 5.88 Å². The van der Waals surface area contributed by atoms with Crippen LogP contribution in [-0.4, -0.2) is 56.5 Å². The van der Waals surface area contributed by atoms with E-state index in [9.17, 15) is 0 Å². The Hall–Kier alpha value is -1.40. The molecule has 0 amide bonds. The van der Waals surface area contributed by atoms with Gasteiger partial charge in [0.05, 0.1) is 19.3 Å². The lowest BCUT2D eigenvalue weighted by Gasteiger charge is -2.37. The molecule has 0 spiro atoms. The Kier molecular flexibility index (Phi) is 6.20. The van der Waals surface area contributed by atoms with Gasteiger partial charge in [-0.1, -0.05) is 0 Å². The Morgan fingerprint density at radius 1 is 1.33 bits per heavy atom. The van der Waals surface area contributed by atoms with E-state index in [4.69, 9.17) is 9.47 Å². The number of nitrogens with zero attached hydrogens (tertiary/aromatic N) is 3. The zero-order valence-corrected chi connectivity index (χ0v) is 13.3. The number of hydrogen-bond acceptors (Lipinski definition) is 6. The Bertz CT molecular complexity index is 442. The molecule has 1 saturated heterocycles.